The molecule has 1 aliphatic heterocycles. The third-order valence-electron chi connectivity index (χ3n) is 4.38. The Bertz CT molecular complexity index is 753. The molecule has 2 aromatic heterocycles. The summed E-state index contributed by atoms with van der Waals surface area (Å²) in [7, 11) is 0. The van der Waals surface area contributed by atoms with Gasteiger partial charge in [-0.25, -0.2) is 4.79 Å². The van der Waals surface area contributed by atoms with Gasteiger partial charge < -0.3 is 10.0 Å². The van der Waals surface area contributed by atoms with Crippen LogP contribution in [0.15, 0.2) is 18.5 Å². The molecule has 1 atom stereocenters. The van der Waals surface area contributed by atoms with Crippen LogP contribution in [0.3, 0.4) is 0 Å². The van der Waals surface area contributed by atoms with Crippen LogP contribution in [0.4, 0.5) is 0 Å². The minimum atomic E-state index is -1.09. The molecule has 0 aromatic carbocycles. The van der Waals surface area contributed by atoms with Crippen molar-refractivity contribution in [2.24, 2.45) is 5.92 Å². The van der Waals surface area contributed by atoms with E-state index < -0.39 is 5.97 Å². The van der Waals surface area contributed by atoms with E-state index in [2.05, 4.69) is 22.3 Å². The predicted octanol–water partition coefficient (Wildman–Crippen LogP) is 1.14. The van der Waals surface area contributed by atoms with Crippen LogP contribution >= 0.6 is 0 Å². The first-order valence-corrected chi connectivity index (χ1v) is 8.53. The van der Waals surface area contributed by atoms with Gasteiger partial charge in [-0.3, -0.25) is 14.2 Å². The second kappa shape index (κ2) is 7.45. The van der Waals surface area contributed by atoms with Crippen LogP contribution in [-0.2, 0) is 13.1 Å². The van der Waals surface area contributed by atoms with Gasteiger partial charge in [0, 0.05) is 32.4 Å². The van der Waals surface area contributed by atoms with E-state index in [4.69, 9.17) is 5.11 Å². The lowest BCUT2D eigenvalue weighted by Gasteiger charge is -2.32. The number of carbonyl (C=O) groups excluding carboxylic acids is 1. The average molecular weight is 346 g/mol. The van der Waals surface area contributed by atoms with E-state index in [1.807, 2.05) is 4.90 Å². The van der Waals surface area contributed by atoms with Gasteiger partial charge in [0.1, 0.15) is 5.69 Å². The monoisotopic (exact) mass is 346 g/mol. The summed E-state index contributed by atoms with van der Waals surface area (Å²) in [4.78, 5) is 25.5. The third-order valence-corrected chi connectivity index (χ3v) is 4.38. The van der Waals surface area contributed by atoms with Crippen LogP contribution in [0.25, 0.3) is 0 Å². The van der Waals surface area contributed by atoms with Crippen molar-refractivity contribution in [2.45, 2.75) is 39.3 Å². The molecular weight excluding hydrogens is 324 g/mol. The number of aromatic carboxylic acids is 1. The number of carboxylic acids is 1. The lowest BCUT2D eigenvalue weighted by molar-refractivity contribution is 0.0645. The molecule has 0 bridgehead atoms. The van der Waals surface area contributed by atoms with Gasteiger partial charge in [0.2, 0.25) is 0 Å². The van der Waals surface area contributed by atoms with Gasteiger partial charge >= 0.3 is 5.97 Å². The highest BCUT2D eigenvalue weighted by Crippen LogP contribution is 2.20. The molecule has 9 heteroatoms. The molecule has 1 fully saturated rings. The van der Waals surface area contributed by atoms with Crippen LogP contribution in [0.2, 0.25) is 0 Å². The van der Waals surface area contributed by atoms with E-state index in [1.54, 1.807) is 21.6 Å². The molecule has 1 N–H and O–H groups in total. The zero-order chi connectivity index (χ0) is 17.8. The lowest BCUT2D eigenvalue weighted by Crippen LogP contribution is -2.42. The summed E-state index contributed by atoms with van der Waals surface area (Å²) in [6.07, 6.45) is 5.90. The van der Waals surface area contributed by atoms with Gasteiger partial charge in [0.25, 0.3) is 5.91 Å². The second-order valence-corrected chi connectivity index (χ2v) is 6.33. The summed E-state index contributed by atoms with van der Waals surface area (Å²) in [6.45, 7) is 4.68. The first kappa shape index (κ1) is 17.1. The number of aryl methyl sites for hydroxylation is 1. The molecule has 1 aliphatic rings. The van der Waals surface area contributed by atoms with Crippen molar-refractivity contribution >= 4 is 11.9 Å². The van der Waals surface area contributed by atoms with Crippen LogP contribution < -0.4 is 0 Å². The van der Waals surface area contributed by atoms with Crippen LogP contribution in [0, 0.1) is 5.92 Å². The first-order chi connectivity index (χ1) is 12.1. The Hall–Kier alpha value is -2.71. The third kappa shape index (κ3) is 3.86. The maximum atomic E-state index is 12.8. The molecule has 0 radical (unpaired) electrons. The van der Waals surface area contributed by atoms with Crippen molar-refractivity contribution in [3.8, 4) is 0 Å². The van der Waals surface area contributed by atoms with E-state index >= 15 is 0 Å². The summed E-state index contributed by atoms with van der Waals surface area (Å²) in [6, 6.07) is 1.76. The number of likely N-dealkylation sites (tertiary alicyclic amines) is 1. The molecule has 0 aliphatic carbocycles. The molecular formula is C16H22N6O3. The largest absolute Gasteiger partial charge is 0.476 e. The number of amides is 1. The Balaban J connectivity index is 1.65. The molecule has 1 amide bonds. The Morgan fingerprint density at radius 3 is 2.96 bits per heavy atom. The summed E-state index contributed by atoms with van der Waals surface area (Å²) in [5, 5.41) is 20.6. The Morgan fingerprint density at radius 2 is 2.24 bits per heavy atom. The summed E-state index contributed by atoms with van der Waals surface area (Å²) in [5.41, 5.74) is 0.559. The van der Waals surface area contributed by atoms with Crippen molar-refractivity contribution in [3.63, 3.8) is 0 Å². The van der Waals surface area contributed by atoms with Gasteiger partial charge in [-0.05, 0) is 31.2 Å². The number of hydrogen-bond acceptors (Lipinski definition) is 5. The summed E-state index contributed by atoms with van der Waals surface area (Å²) in [5.74, 6) is -0.861. The number of carbonyl (C=O) groups is 2. The van der Waals surface area contributed by atoms with Crippen LogP contribution in [0.5, 0.6) is 0 Å². The average Bonchev–Trinajstić information content (AvgIpc) is 3.24. The first-order valence-electron chi connectivity index (χ1n) is 8.53. The van der Waals surface area contributed by atoms with E-state index in [0.717, 1.165) is 32.4 Å². The summed E-state index contributed by atoms with van der Waals surface area (Å²) < 4.78 is 3.30. The zero-order valence-electron chi connectivity index (χ0n) is 14.2. The molecule has 0 saturated carbocycles. The molecule has 134 valence electrons. The van der Waals surface area contributed by atoms with Crippen LogP contribution in [-0.4, -0.2) is 59.7 Å². The number of nitrogens with zero attached hydrogens (tertiary/aromatic N) is 6. The predicted molar refractivity (Wildman–Crippen MR) is 88.1 cm³/mol. The fourth-order valence-corrected chi connectivity index (χ4v) is 3.22. The maximum Gasteiger partial charge on any atom is 0.358 e. The number of rotatable bonds is 6. The standard InChI is InChI=1S/C16H22N6O3/c1-2-7-22-14(5-6-17-22)15(23)20-8-3-4-12(9-20)10-21-11-13(16(24)25)18-19-21/h5-6,11-12H,2-4,7-10H2,1H3,(H,24,25)/t12-/m1/s1. The normalized spacial score (nSPS) is 17.6. The maximum absolute atomic E-state index is 12.8. The zero-order valence-corrected chi connectivity index (χ0v) is 14.2. The van der Waals surface area contributed by atoms with Crippen molar-refractivity contribution in [3.05, 3.63) is 29.8 Å². The van der Waals surface area contributed by atoms with Crippen molar-refractivity contribution < 1.29 is 14.7 Å². The van der Waals surface area contributed by atoms with Crippen molar-refractivity contribution in [1.29, 1.82) is 0 Å². The molecule has 2 aromatic rings. The van der Waals surface area contributed by atoms with Crippen molar-refractivity contribution in [2.75, 3.05) is 13.1 Å². The van der Waals surface area contributed by atoms with Crippen LogP contribution in [0.1, 0.15) is 47.2 Å². The number of piperidine rings is 1. The molecule has 0 spiro atoms. The van der Waals surface area contributed by atoms with Gasteiger partial charge in [-0.1, -0.05) is 12.1 Å². The fraction of sp³-hybridized carbons (Fsp3) is 0.562. The SMILES string of the molecule is CCCn1nccc1C(=O)N1CCC[C@@H](Cn2cc(C(=O)O)nn2)C1. The summed E-state index contributed by atoms with van der Waals surface area (Å²) >= 11 is 0. The minimum Gasteiger partial charge on any atom is -0.476 e. The van der Waals surface area contributed by atoms with E-state index in [1.165, 1.54) is 6.20 Å². The highest BCUT2D eigenvalue weighted by Gasteiger charge is 2.27. The Morgan fingerprint density at radius 1 is 1.40 bits per heavy atom. The topological polar surface area (TPSA) is 106 Å². The molecule has 25 heavy (non-hydrogen) atoms. The molecule has 3 heterocycles. The number of aromatic nitrogens is 5. The number of hydrogen-bond donors (Lipinski definition) is 1. The highest BCUT2D eigenvalue weighted by molar-refractivity contribution is 5.92. The minimum absolute atomic E-state index is 0.000431. The van der Waals surface area contributed by atoms with E-state index in [-0.39, 0.29) is 17.5 Å². The molecule has 1 saturated heterocycles. The van der Waals surface area contributed by atoms with Crippen molar-refractivity contribution in [1.82, 2.24) is 29.7 Å². The smallest absolute Gasteiger partial charge is 0.358 e. The molecule has 3 rings (SSSR count). The van der Waals surface area contributed by atoms with E-state index in [0.29, 0.717) is 18.8 Å². The lowest BCUT2D eigenvalue weighted by atomic mass is 9.98. The Labute approximate surface area is 145 Å². The van der Waals surface area contributed by atoms with E-state index in [9.17, 15) is 9.59 Å². The van der Waals surface area contributed by atoms with Gasteiger partial charge in [0.15, 0.2) is 5.69 Å². The van der Waals surface area contributed by atoms with Gasteiger partial charge in [-0.15, -0.1) is 5.10 Å². The van der Waals surface area contributed by atoms with Gasteiger partial charge in [0.05, 0.1) is 6.20 Å². The molecule has 0 unspecified atom stereocenters. The second-order valence-electron chi connectivity index (χ2n) is 6.33. The fourth-order valence-electron chi connectivity index (χ4n) is 3.22. The molecule has 9 nitrogen and oxygen atoms in total. The van der Waals surface area contributed by atoms with Gasteiger partial charge in [-0.2, -0.15) is 5.10 Å². The number of carboxylic acid groups (broad SMARTS) is 1. The highest BCUT2D eigenvalue weighted by atomic mass is 16.4. The Kier molecular flexibility index (Phi) is 5.11. The quantitative estimate of drug-likeness (QED) is 0.840.